The monoisotopic (exact) mass is 405 g/mol. The Morgan fingerprint density at radius 2 is 1.80 bits per heavy atom. The largest absolute Gasteiger partial charge is 0.507 e. The molecular formula is C27H19NOS. The quantitative estimate of drug-likeness (QED) is 0.355. The van der Waals surface area contributed by atoms with Gasteiger partial charge in [-0.3, -0.25) is 4.98 Å². The lowest BCUT2D eigenvalue weighted by Crippen LogP contribution is -1.92. The number of aromatic hydroxyl groups is 1. The van der Waals surface area contributed by atoms with E-state index in [1.807, 2.05) is 36.4 Å². The number of rotatable bonds is 3. The molecule has 0 atom stereocenters. The molecule has 1 N–H and O–H groups in total. The van der Waals surface area contributed by atoms with Gasteiger partial charge in [-0.1, -0.05) is 48.2 Å². The van der Waals surface area contributed by atoms with Crippen molar-refractivity contribution in [2.45, 2.75) is 12.8 Å². The average molecular weight is 406 g/mol. The lowest BCUT2D eigenvalue weighted by molar-refractivity contribution is 0.475. The lowest BCUT2D eigenvalue weighted by Gasteiger charge is -2.08. The van der Waals surface area contributed by atoms with E-state index in [2.05, 4.69) is 58.6 Å². The Kier molecular flexibility index (Phi) is 4.93. The van der Waals surface area contributed by atoms with Gasteiger partial charge in [-0.2, -0.15) is 0 Å². The Morgan fingerprint density at radius 3 is 2.70 bits per heavy atom. The molecule has 2 nitrogen and oxygen atoms in total. The van der Waals surface area contributed by atoms with E-state index in [-0.39, 0.29) is 5.75 Å². The summed E-state index contributed by atoms with van der Waals surface area (Å²) < 4.78 is 1.30. The van der Waals surface area contributed by atoms with Crippen LogP contribution in [0.2, 0.25) is 0 Å². The maximum Gasteiger partial charge on any atom is 0.130 e. The van der Waals surface area contributed by atoms with Crippen LogP contribution in [0.4, 0.5) is 0 Å². The zero-order chi connectivity index (χ0) is 20.3. The molecule has 2 aromatic heterocycles. The van der Waals surface area contributed by atoms with Crippen LogP contribution in [0.1, 0.15) is 22.3 Å². The topological polar surface area (TPSA) is 33.1 Å². The van der Waals surface area contributed by atoms with Gasteiger partial charge in [0.2, 0.25) is 0 Å². The van der Waals surface area contributed by atoms with Gasteiger partial charge in [-0.05, 0) is 58.3 Å². The molecule has 0 saturated heterocycles. The summed E-state index contributed by atoms with van der Waals surface area (Å²) in [5, 5.41) is 15.0. The number of hydrogen-bond donors (Lipinski definition) is 1. The Hall–Kier alpha value is -3.61. The highest BCUT2D eigenvalue weighted by Crippen LogP contribution is 2.29. The molecule has 3 heteroatoms. The van der Waals surface area contributed by atoms with Crippen molar-refractivity contribution in [1.82, 2.24) is 4.98 Å². The first-order chi connectivity index (χ1) is 14.8. The van der Waals surface area contributed by atoms with Crippen molar-refractivity contribution in [2.75, 3.05) is 0 Å². The molecule has 5 aromatic rings. The zero-order valence-electron chi connectivity index (χ0n) is 16.3. The van der Waals surface area contributed by atoms with Crippen molar-refractivity contribution in [3.8, 4) is 17.6 Å². The predicted molar refractivity (Wildman–Crippen MR) is 125 cm³/mol. The normalized spacial score (nSPS) is 10.8. The minimum Gasteiger partial charge on any atom is -0.507 e. The summed E-state index contributed by atoms with van der Waals surface area (Å²) in [5.41, 5.74) is 4.84. The molecule has 0 spiro atoms. The number of fused-ring (bicyclic) bond motifs is 2. The van der Waals surface area contributed by atoms with Gasteiger partial charge >= 0.3 is 0 Å². The third kappa shape index (κ3) is 3.78. The molecule has 0 saturated carbocycles. The fourth-order valence-corrected chi connectivity index (χ4v) is 4.39. The van der Waals surface area contributed by atoms with Crippen molar-refractivity contribution >= 4 is 32.3 Å². The van der Waals surface area contributed by atoms with Crippen LogP contribution in [0.15, 0.2) is 84.4 Å². The van der Waals surface area contributed by atoms with Crippen LogP contribution < -0.4 is 0 Å². The Labute approximate surface area is 179 Å². The molecule has 0 amide bonds. The van der Waals surface area contributed by atoms with Crippen LogP contribution in [0.5, 0.6) is 5.75 Å². The number of nitrogens with zero attached hydrogens (tertiary/aromatic N) is 1. The first kappa shape index (κ1) is 18.4. The van der Waals surface area contributed by atoms with Crippen molar-refractivity contribution in [3.05, 3.63) is 107 Å². The first-order valence-corrected chi connectivity index (χ1v) is 10.7. The SMILES string of the molecule is Oc1c(Cc2ccccc2)cnc2ccc(C#CCc3ccc4sccc4c3)cc12. The second-order valence-corrected chi connectivity index (χ2v) is 8.25. The number of aromatic nitrogens is 1. The molecule has 0 fully saturated rings. The number of pyridine rings is 1. The average Bonchev–Trinajstić information content (AvgIpc) is 3.25. The Morgan fingerprint density at radius 1 is 0.900 bits per heavy atom. The molecule has 2 heterocycles. The summed E-state index contributed by atoms with van der Waals surface area (Å²) in [6.45, 7) is 0. The molecule has 0 bridgehead atoms. The number of hydrogen-bond acceptors (Lipinski definition) is 3. The van der Waals surface area contributed by atoms with E-state index in [0.717, 1.165) is 27.6 Å². The van der Waals surface area contributed by atoms with E-state index < -0.39 is 0 Å². The fourth-order valence-electron chi connectivity index (χ4n) is 3.62. The van der Waals surface area contributed by atoms with Gasteiger partial charge in [-0.15, -0.1) is 11.3 Å². The molecule has 0 aliphatic rings. The van der Waals surface area contributed by atoms with Gasteiger partial charge in [0.25, 0.3) is 0 Å². The molecular weight excluding hydrogens is 386 g/mol. The second-order valence-electron chi connectivity index (χ2n) is 7.30. The Balaban J connectivity index is 1.41. The van der Waals surface area contributed by atoms with Gasteiger partial charge in [0, 0.05) is 40.3 Å². The van der Waals surface area contributed by atoms with E-state index in [0.29, 0.717) is 12.8 Å². The summed E-state index contributed by atoms with van der Waals surface area (Å²) in [6.07, 6.45) is 3.11. The highest BCUT2D eigenvalue weighted by atomic mass is 32.1. The molecule has 0 aliphatic carbocycles. The van der Waals surface area contributed by atoms with Gasteiger partial charge in [0.1, 0.15) is 5.75 Å². The van der Waals surface area contributed by atoms with E-state index in [1.54, 1.807) is 17.5 Å². The lowest BCUT2D eigenvalue weighted by atomic mass is 10.0. The van der Waals surface area contributed by atoms with Crippen molar-refractivity contribution < 1.29 is 5.11 Å². The van der Waals surface area contributed by atoms with Gasteiger partial charge < -0.3 is 5.11 Å². The summed E-state index contributed by atoms with van der Waals surface area (Å²) in [7, 11) is 0. The van der Waals surface area contributed by atoms with Crippen LogP contribution in [0.3, 0.4) is 0 Å². The smallest absolute Gasteiger partial charge is 0.130 e. The van der Waals surface area contributed by atoms with Gasteiger partial charge in [0.05, 0.1) is 5.52 Å². The molecule has 3 aromatic carbocycles. The van der Waals surface area contributed by atoms with Gasteiger partial charge in [-0.25, -0.2) is 0 Å². The highest BCUT2D eigenvalue weighted by molar-refractivity contribution is 7.17. The summed E-state index contributed by atoms with van der Waals surface area (Å²) >= 11 is 1.75. The number of benzene rings is 3. The number of thiophene rings is 1. The zero-order valence-corrected chi connectivity index (χ0v) is 17.1. The third-order valence-electron chi connectivity index (χ3n) is 5.19. The molecule has 30 heavy (non-hydrogen) atoms. The van der Waals surface area contributed by atoms with Crippen LogP contribution in [0, 0.1) is 11.8 Å². The third-order valence-corrected chi connectivity index (χ3v) is 6.09. The van der Waals surface area contributed by atoms with Crippen molar-refractivity contribution in [2.24, 2.45) is 0 Å². The maximum atomic E-state index is 10.8. The Bertz CT molecular complexity index is 1410. The van der Waals surface area contributed by atoms with Crippen LogP contribution in [-0.4, -0.2) is 10.1 Å². The fraction of sp³-hybridized carbons (Fsp3) is 0.0741. The molecule has 144 valence electrons. The van der Waals surface area contributed by atoms with Gasteiger partial charge in [0.15, 0.2) is 0 Å². The van der Waals surface area contributed by atoms with Crippen LogP contribution in [0.25, 0.3) is 21.0 Å². The summed E-state index contributed by atoms with van der Waals surface area (Å²) in [4.78, 5) is 4.52. The summed E-state index contributed by atoms with van der Waals surface area (Å²) in [5.74, 6) is 6.79. The molecule has 0 radical (unpaired) electrons. The van der Waals surface area contributed by atoms with Crippen LogP contribution in [-0.2, 0) is 12.8 Å². The molecule has 5 rings (SSSR count). The van der Waals surface area contributed by atoms with E-state index in [4.69, 9.17) is 0 Å². The minimum absolute atomic E-state index is 0.287. The first-order valence-electron chi connectivity index (χ1n) is 9.86. The molecule has 0 unspecified atom stereocenters. The minimum atomic E-state index is 0.287. The van der Waals surface area contributed by atoms with E-state index >= 15 is 0 Å². The van der Waals surface area contributed by atoms with E-state index in [9.17, 15) is 5.11 Å². The maximum absolute atomic E-state index is 10.8. The van der Waals surface area contributed by atoms with E-state index in [1.165, 1.54) is 15.6 Å². The van der Waals surface area contributed by atoms with Crippen LogP contribution >= 0.6 is 11.3 Å². The standard InChI is InChI=1S/C27H19NOS/c29-27-23(16-19-5-2-1-3-6-19)18-28-25-11-9-21(17-24(25)27)8-4-7-20-10-12-26-22(15-20)13-14-30-26/h1-3,5-6,9-15,17-18H,7,16H2,(H,28,29). The second kappa shape index (κ2) is 8.02. The highest BCUT2D eigenvalue weighted by Gasteiger charge is 2.09. The molecule has 0 aliphatic heterocycles. The summed E-state index contributed by atoms with van der Waals surface area (Å²) in [6, 6.07) is 24.6. The van der Waals surface area contributed by atoms with Crippen molar-refractivity contribution in [3.63, 3.8) is 0 Å². The predicted octanol–water partition coefficient (Wildman–Crippen LogP) is 6.34. The van der Waals surface area contributed by atoms with Crippen molar-refractivity contribution in [1.29, 1.82) is 0 Å².